The van der Waals surface area contributed by atoms with Crippen LogP contribution in [0.3, 0.4) is 0 Å². The number of aliphatic imine (C=N–C) groups is 1. The number of nitrogen functional groups attached to an aromatic ring is 1. The first kappa shape index (κ1) is 23.1. The zero-order valence-corrected chi connectivity index (χ0v) is 18.8. The summed E-state index contributed by atoms with van der Waals surface area (Å²) in [6.07, 6.45) is -0.111. The Bertz CT molecular complexity index is 1130. The maximum Gasteiger partial charge on any atom is 0.0567 e. The number of benzene rings is 1. The van der Waals surface area contributed by atoms with E-state index in [0.717, 1.165) is 0 Å². The summed E-state index contributed by atoms with van der Waals surface area (Å²) in [6, 6.07) is 5.07. The molecule has 1 aromatic heterocycles. The Kier molecular flexibility index (Phi) is 7.33. The third-order valence-electron chi connectivity index (χ3n) is 4.54. The maximum absolute atomic E-state index is 12.3. The molecule has 1 aliphatic heterocycles. The molecule has 1 aromatic carbocycles. The number of hydrogen-bond acceptors (Lipinski definition) is 9. The fraction of sp³-hybridized carbons (Fsp3) is 0.278. The number of nitrogens with one attached hydrogen (secondary N) is 4. The molecule has 8 N–H and O–H groups in total. The van der Waals surface area contributed by atoms with E-state index in [2.05, 4.69) is 30.9 Å². The number of amides is 1. The second kappa shape index (κ2) is 10.2. The van der Waals surface area contributed by atoms with Crippen molar-refractivity contribution in [3.8, 4) is 0 Å². The molecule has 1 aliphatic rings. The molecule has 0 bridgehead atoms. The molecule has 2 atom stereocenters. The number of hydrogen-bond donors (Lipinski definition) is 7. The molecule has 0 saturated carbocycles. The van der Waals surface area contributed by atoms with Crippen molar-refractivity contribution in [1.29, 1.82) is 0 Å². The zero-order chi connectivity index (χ0) is 23.3. The van der Waals surface area contributed by atoms with Gasteiger partial charge in [-0.05, 0) is 0 Å². The van der Waals surface area contributed by atoms with Crippen LogP contribution in [0.1, 0.15) is 16.8 Å². The van der Waals surface area contributed by atoms with E-state index in [-0.39, 0.29) is 28.8 Å². The smallest absolute Gasteiger partial charge is 0.0567 e. The molecule has 32 heavy (non-hydrogen) atoms. The topological polar surface area (TPSA) is 212 Å². The van der Waals surface area contributed by atoms with Crippen molar-refractivity contribution in [2.75, 3.05) is 29.5 Å². The molecule has 1 unspecified atom stereocenters. The molecule has 1 amide bonds. The van der Waals surface area contributed by atoms with Crippen LogP contribution in [0, 0.1) is 0 Å². The van der Waals surface area contributed by atoms with Crippen LogP contribution in [0.2, 0.25) is 5.21 Å². The van der Waals surface area contributed by atoms with Crippen molar-refractivity contribution >= 4 is 55.7 Å². The third-order valence-corrected chi connectivity index (χ3v) is 6.04. The van der Waals surface area contributed by atoms with Crippen LogP contribution in [0.15, 0.2) is 34.1 Å². The number of nitrogens with two attached hydrogens (primary N) is 1. The summed E-state index contributed by atoms with van der Waals surface area (Å²) in [7, 11) is 0. The van der Waals surface area contributed by atoms with Crippen LogP contribution < -0.4 is 27.2 Å². The number of aromatic nitrogens is 2. The normalized spacial score (nSPS) is 14.3. The maximum atomic E-state index is 12.3. The average Bonchev–Trinajstić information content (AvgIpc) is 2.75. The van der Waals surface area contributed by atoms with Gasteiger partial charge in [-0.3, -0.25) is 9.78 Å². The van der Waals surface area contributed by atoms with Gasteiger partial charge in [0.1, 0.15) is 0 Å². The van der Waals surface area contributed by atoms with Crippen LogP contribution in [-0.2, 0) is 8.53 Å². The molecule has 170 valence electrons. The minimum Gasteiger partial charge on any atom is -0.363 e. The second-order valence-electron chi connectivity index (χ2n) is 6.91. The largest absolute Gasteiger partial charge is 0.363 e. The Balaban J connectivity index is 1.59. The van der Waals surface area contributed by atoms with Crippen LogP contribution in [0.25, 0.3) is 0 Å². The molecule has 0 saturated heterocycles. The van der Waals surface area contributed by atoms with E-state index in [9.17, 15) is 23.2 Å². The number of anilines is 3. The van der Waals surface area contributed by atoms with Crippen LogP contribution in [0.4, 0.5) is 23.1 Å². The minimum atomic E-state index is -3.40. The van der Waals surface area contributed by atoms with E-state index in [1.165, 1.54) is 12.1 Å². The summed E-state index contributed by atoms with van der Waals surface area (Å²) in [5, 5.41) is 17.5. The molecule has 3 rings (SSSR count). The van der Waals surface area contributed by atoms with Crippen LogP contribution >= 0.6 is 0 Å². The number of aliphatic carboxylic acids is 1. The number of carbonyl (C=O) groups excluding carboxylic acids is 1. The van der Waals surface area contributed by atoms with Gasteiger partial charge in [-0.1, -0.05) is 0 Å². The summed E-state index contributed by atoms with van der Waals surface area (Å²) in [5.41, 5.74) is 6.79. The number of aromatic amines is 1. The fourth-order valence-corrected chi connectivity index (χ4v) is 4.03. The van der Waals surface area contributed by atoms with Crippen molar-refractivity contribution in [2.24, 2.45) is 4.99 Å². The Morgan fingerprint density at radius 1 is 1.28 bits per heavy atom. The standard InChI is InChI=1S/C18H22AsN7O6/c20-18-25-14-13(16(28)26-18)23-11(8-22-14)7-21-10-3-1-9(2-4-10)15(27)24-12(17(29)30)5-6-19(31)32/h1-4,12,19,21H,5-8H2,(H,24,27)(H,29,30)(H,31,32)(H4,20,22,25,26,28)/t12-/m0/s1. The van der Waals surface area contributed by atoms with Gasteiger partial charge in [-0.25, -0.2) is 4.99 Å². The van der Waals surface area contributed by atoms with Gasteiger partial charge in [0.25, 0.3) is 5.56 Å². The predicted molar refractivity (Wildman–Crippen MR) is 118 cm³/mol. The summed E-state index contributed by atoms with van der Waals surface area (Å²) in [5.74, 6) is -1.55. The van der Waals surface area contributed by atoms with E-state index in [1.807, 2.05) is 0 Å². The van der Waals surface area contributed by atoms with Gasteiger partial charge in [0.2, 0.25) is 5.95 Å². The molecule has 0 spiro atoms. The summed E-state index contributed by atoms with van der Waals surface area (Å²) in [4.78, 5) is 46.2. The predicted octanol–water partition coefficient (Wildman–Crippen LogP) is -0.821. The molecule has 0 radical (unpaired) electrons. The van der Waals surface area contributed by atoms with Gasteiger partial charge in [-0.15, -0.1) is 0 Å². The quantitative estimate of drug-likeness (QED) is 0.210. The number of carboxylic acids is 1. The van der Waals surface area contributed by atoms with Gasteiger partial charge in [-0.2, -0.15) is 4.98 Å². The molecular formula is C18H22AsN7O6. The van der Waals surface area contributed by atoms with Crippen LogP contribution in [0.5, 0.6) is 0 Å². The first-order valence-corrected chi connectivity index (χ1v) is 12.8. The third kappa shape index (κ3) is 5.99. The Morgan fingerprint density at radius 3 is 2.66 bits per heavy atom. The Morgan fingerprint density at radius 2 is 2.00 bits per heavy atom. The minimum absolute atomic E-state index is 0.00189. The fourth-order valence-electron chi connectivity index (χ4n) is 2.91. The monoisotopic (exact) mass is 507 g/mol. The molecule has 2 heterocycles. The van der Waals surface area contributed by atoms with Crippen molar-refractivity contribution in [1.82, 2.24) is 15.3 Å². The summed E-state index contributed by atoms with van der Waals surface area (Å²) < 4.78 is 19.8. The summed E-state index contributed by atoms with van der Waals surface area (Å²) in [6.45, 7) is 0.694. The average molecular weight is 507 g/mol. The van der Waals surface area contributed by atoms with E-state index >= 15 is 0 Å². The molecule has 0 fully saturated rings. The van der Waals surface area contributed by atoms with Crippen molar-refractivity contribution < 1.29 is 22.5 Å². The number of H-pyrrole nitrogens is 1. The molecular weight excluding hydrogens is 485 g/mol. The molecule has 2 aromatic rings. The molecule has 14 heteroatoms. The Labute approximate surface area is 186 Å². The Hall–Kier alpha value is -3.57. The van der Waals surface area contributed by atoms with Gasteiger partial charge >= 0.3 is 125 Å². The summed E-state index contributed by atoms with van der Waals surface area (Å²) >= 11 is -3.40. The van der Waals surface area contributed by atoms with E-state index < -0.39 is 38.4 Å². The zero-order valence-electron chi connectivity index (χ0n) is 16.7. The van der Waals surface area contributed by atoms with E-state index in [0.29, 0.717) is 30.3 Å². The number of rotatable bonds is 9. The first-order chi connectivity index (χ1) is 15.2. The molecule has 0 aliphatic carbocycles. The van der Waals surface area contributed by atoms with Crippen LogP contribution in [-0.4, -0.2) is 70.8 Å². The van der Waals surface area contributed by atoms with E-state index in [1.54, 1.807) is 12.1 Å². The van der Waals surface area contributed by atoms with Gasteiger partial charge in [0.05, 0.1) is 6.54 Å². The van der Waals surface area contributed by atoms with Gasteiger partial charge < -0.3 is 11.1 Å². The number of carbonyl (C=O) groups is 2. The van der Waals surface area contributed by atoms with Gasteiger partial charge in [0.15, 0.2) is 11.5 Å². The van der Waals surface area contributed by atoms with Crippen molar-refractivity contribution in [2.45, 2.75) is 17.7 Å². The number of fused-ring (bicyclic) bond motifs is 1. The number of carboxylic acid groups (broad SMARTS) is 1. The second-order valence-corrected chi connectivity index (χ2v) is 9.61. The SMILES string of the molecule is Nc1nc2c(c(=O)[nH]1)N=C(CNc1ccc(C(=O)N[C@@H](CC[AsH](=O)O)C(=O)O)cc1)CN2. The van der Waals surface area contributed by atoms with E-state index in [4.69, 9.17) is 9.83 Å². The van der Waals surface area contributed by atoms with Gasteiger partial charge in [0, 0.05) is 0 Å². The first-order valence-electron chi connectivity index (χ1n) is 9.52. The van der Waals surface area contributed by atoms with Crippen molar-refractivity contribution in [3.05, 3.63) is 40.2 Å². The number of nitrogens with zero attached hydrogens (tertiary/aromatic N) is 2. The molecule has 13 nitrogen and oxygen atoms in total. The van der Waals surface area contributed by atoms with Crippen molar-refractivity contribution in [3.63, 3.8) is 0 Å².